The average molecular weight is 431 g/mol. The zero-order valence-electron chi connectivity index (χ0n) is 16.7. The number of hydrogen-bond donors (Lipinski definition) is 1. The Kier molecular flexibility index (Phi) is 6.36. The number of nitrogens with zero attached hydrogens (tertiary/aromatic N) is 1. The van der Waals surface area contributed by atoms with Crippen LogP contribution in [0.5, 0.6) is 5.75 Å². The minimum atomic E-state index is -3.45. The molecule has 2 saturated heterocycles. The summed E-state index contributed by atoms with van der Waals surface area (Å²) in [7, 11) is -3.45. The van der Waals surface area contributed by atoms with Gasteiger partial charge in [0.2, 0.25) is 10.0 Å². The highest BCUT2D eigenvalue weighted by molar-refractivity contribution is 7.89. The normalized spacial score (nSPS) is 19.7. The van der Waals surface area contributed by atoms with Gasteiger partial charge in [0.1, 0.15) is 12.4 Å². The zero-order valence-corrected chi connectivity index (χ0v) is 17.6. The van der Waals surface area contributed by atoms with Crippen LogP contribution in [-0.2, 0) is 14.8 Å². The molecule has 4 rings (SSSR count). The maximum absolute atomic E-state index is 12.6. The first-order chi connectivity index (χ1) is 14.5. The third-order valence-electron chi connectivity index (χ3n) is 5.39. The van der Waals surface area contributed by atoms with Crippen LogP contribution in [0.2, 0.25) is 0 Å². The average Bonchev–Trinajstić information content (AvgIpc) is 3.47. The molecule has 1 amide bonds. The molecule has 0 bridgehead atoms. The number of nitrogens with one attached hydrogen (secondary N) is 1. The van der Waals surface area contributed by atoms with E-state index in [0.29, 0.717) is 36.7 Å². The van der Waals surface area contributed by atoms with Crippen molar-refractivity contribution in [3.63, 3.8) is 0 Å². The van der Waals surface area contributed by atoms with Crippen molar-refractivity contribution in [1.82, 2.24) is 4.31 Å². The van der Waals surface area contributed by atoms with E-state index >= 15 is 0 Å². The Bertz CT molecular complexity index is 962. The number of rotatable bonds is 7. The van der Waals surface area contributed by atoms with Gasteiger partial charge in [-0.2, -0.15) is 4.31 Å². The minimum Gasteiger partial charge on any atom is -0.491 e. The van der Waals surface area contributed by atoms with E-state index in [4.69, 9.17) is 9.47 Å². The molecule has 2 aliphatic rings. The predicted molar refractivity (Wildman–Crippen MR) is 113 cm³/mol. The quantitative estimate of drug-likeness (QED) is 0.729. The molecule has 0 saturated carbocycles. The third-order valence-corrected chi connectivity index (χ3v) is 7.30. The molecule has 8 heteroatoms. The van der Waals surface area contributed by atoms with E-state index in [9.17, 15) is 13.2 Å². The first-order valence-corrected chi connectivity index (χ1v) is 11.7. The van der Waals surface area contributed by atoms with Crippen LogP contribution in [0.4, 0.5) is 5.69 Å². The van der Waals surface area contributed by atoms with Crippen LogP contribution in [0.25, 0.3) is 0 Å². The molecule has 0 radical (unpaired) electrons. The number of sulfonamides is 1. The summed E-state index contributed by atoms with van der Waals surface area (Å²) >= 11 is 0. The largest absolute Gasteiger partial charge is 0.491 e. The fraction of sp³-hybridized carbons (Fsp3) is 0.409. The topological polar surface area (TPSA) is 84.9 Å². The van der Waals surface area contributed by atoms with E-state index in [-0.39, 0.29) is 16.9 Å². The highest BCUT2D eigenvalue weighted by Crippen LogP contribution is 2.23. The minimum absolute atomic E-state index is 0.144. The van der Waals surface area contributed by atoms with Crippen LogP contribution < -0.4 is 10.1 Å². The Morgan fingerprint density at radius 3 is 2.37 bits per heavy atom. The second-order valence-corrected chi connectivity index (χ2v) is 9.50. The van der Waals surface area contributed by atoms with Gasteiger partial charge in [0.25, 0.3) is 5.91 Å². The Labute approximate surface area is 177 Å². The molecule has 0 spiro atoms. The monoisotopic (exact) mass is 430 g/mol. The summed E-state index contributed by atoms with van der Waals surface area (Å²) in [5.41, 5.74) is 1.03. The van der Waals surface area contributed by atoms with E-state index in [0.717, 1.165) is 32.3 Å². The summed E-state index contributed by atoms with van der Waals surface area (Å²) in [5.74, 6) is 0.425. The molecular formula is C22H26N2O5S. The van der Waals surface area contributed by atoms with Crippen LogP contribution in [-0.4, -0.2) is 51.0 Å². The number of amides is 1. The molecule has 2 fully saturated rings. The fourth-order valence-corrected chi connectivity index (χ4v) is 5.18. The number of carbonyl (C=O) groups excluding carboxylic acids is 1. The van der Waals surface area contributed by atoms with Crippen molar-refractivity contribution in [2.75, 3.05) is 31.6 Å². The van der Waals surface area contributed by atoms with Crippen LogP contribution in [0, 0.1) is 0 Å². The van der Waals surface area contributed by atoms with Crippen molar-refractivity contribution < 1.29 is 22.7 Å². The second-order valence-electron chi connectivity index (χ2n) is 7.56. The predicted octanol–water partition coefficient (Wildman–Crippen LogP) is 3.28. The first-order valence-electron chi connectivity index (χ1n) is 10.3. The highest BCUT2D eigenvalue weighted by atomic mass is 32.2. The summed E-state index contributed by atoms with van der Waals surface area (Å²) in [6.45, 7) is 2.43. The van der Waals surface area contributed by atoms with Gasteiger partial charge in [-0.05, 0) is 74.2 Å². The second kappa shape index (κ2) is 9.16. The lowest BCUT2D eigenvalue weighted by Crippen LogP contribution is -2.27. The van der Waals surface area contributed by atoms with Crippen LogP contribution in [0.15, 0.2) is 53.4 Å². The highest BCUT2D eigenvalue weighted by Gasteiger charge is 2.27. The summed E-state index contributed by atoms with van der Waals surface area (Å²) in [5, 5.41) is 2.79. The Morgan fingerprint density at radius 1 is 1.03 bits per heavy atom. The molecule has 160 valence electrons. The zero-order chi connectivity index (χ0) is 21.0. The molecule has 2 aromatic carbocycles. The Morgan fingerprint density at radius 2 is 1.73 bits per heavy atom. The lowest BCUT2D eigenvalue weighted by Gasteiger charge is -2.15. The molecule has 1 atom stereocenters. The van der Waals surface area contributed by atoms with E-state index in [1.165, 1.54) is 16.4 Å². The molecule has 0 aliphatic carbocycles. The van der Waals surface area contributed by atoms with Crippen molar-refractivity contribution in [3.05, 3.63) is 54.1 Å². The molecule has 2 aromatic rings. The van der Waals surface area contributed by atoms with Gasteiger partial charge in [0.05, 0.1) is 11.0 Å². The van der Waals surface area contributed by atoms with E-state index in [1.54, 1.807) is 36.4 Å². The molecule has 7 nitrogen and oxygen atoms in total. The molecule has 2 aliphatic heterocycles. The molecule has 0 unspecified atom stereocenters. The summed E-state index contributed by atoms with van der Waals surface area (Å²) in [4.78, 5) is 12.7. The van der Waals surface area contributed by atoms with Gasteiger partial charge in [0, 0.05) is 30.9 Å². The van der Waals surface area contributed by atoms with E-state index in [2.05, 4.69) is 5.32 Å². The SMILES string of the molecule is O=C(Nc1ccc(S(=O)(=O)N2CCCC2)cc1)c1ccc(OC[C@@H]2CCCO2)cc1. The van der Waals surface area contributed by atoms with Crippen LogP contribution >= 0.6 is 0 Å². The van der Waals surface area contributed by atoms with Crippen LogP contribution in [0.1, 0.15) is 36.0 Å². The summed E-state index contributed by atoms with van der Waals surface area (Å²) < 4.78 is 37.9. The molecule has 0 aromatic heterocycles. The van der Waals surface area contributed by atoms with Gasteiger partial charge in [-0.15, -0.1) is 0 Å². The van der Waals surface area contributed by atoms with Gasteiger partial charge < -0.3 is 14.8 Å². The van der Waals surface area contributed by atoms with Gasteiger partial charge in [-0.1, -0.05) is 0 Å². The number of anilines is 1. The standard InChI is InChI=1S/C22H26N2O5S/c25-22(17-5-9-19(10-6-17)29-16-20-4-3-15-28-20)23-18-7-11-21(12-8-18)30(26,27)24-13-1-2-14-24/h5-12,20H,1-4,13-16H2,(H,23,25)/t20-/m0/s1. The number of hydrogen-bond acceptors (Lipinski definition) is 5. The van der Waals surface area contributed by atoms with Crippen molar-refractivity contribution >= 4 is 21.6 Å². The maximum Gasteiger partial charge on any atom is 0.255 e. The first kappa shape index (κ1) is 20.8. The van der Waals surface area contributed by atoms with Crippen LogP contribution in [0.3, 0.4) is 0 Å². The van der Waals surface area contributed by atoms with Gasteiger partial charge >= 0.3 is 0 Å². The number of benzene rings is 2. The molecular weight excluding hydrogens is 404 g/mol. The lowest BCUT2D eigenvalue weighted by atomic mass is 10.2. The molecule has 2 heterocycles. The summed E-state index contributed by atoms with van der Waals surface area (Å²) in [6, 6.07) is 13.2. The molecule has 30 heavy (non-hydrogen) atoms. The number of ether oxygens (including phenoxy) is 2. The fourth-order valence-electron chi connectivity index (χ4n) is 3.66. The van der Waals surface area contributed by atoms with Gasteiger partial charge in [-0.25, -0.2) is 8.42 Å². The van der Waals surface area contributed by atoms with Crippen molar-refractivity contribution in [1.29, 1.82) is 0 Å². The molecule has 1 N–H and O–H groups in total. The smallest absolute Gasteiger partial charge is 0.255 e. The van der Waals surface area contributed by atoms with Crippen molar-refractivity contribution in [2.45, 2.75) is 36.7 Å². The third kappa shape index (κ3) is 4.83. The van der Waals surface area contributed by atoms with Crippen molar-refractivity contribution in [2.24, 2.45) is 0 Å². The van der Waals surface area contributed by atoms with Gasteiger partial charge in [-0.3, -0.25) is 4.79 Å². The van der Waals surface area contributed by atoms with E-state index < -0.39 is 10.0 Å². The lowest BCUT2D eigenvalue weighted by molar-refractivity contribution is 0.0679. The van der Waals surface area contributed by atoms with Gasteiger partial charge in [0.15, 0.2) is 0 Å². The summed E-state index contributed by atoms with van der Waals surface area (Å²) in [6.07, 6.45) is 4.01. The van der Waals surface area contributed by atoms with Crippen molar-refractivity contribution in [3.8, 4) is 5.75 Å². The Hall–Kier alpha value is -2.42. The Balaban J connectivity index is 1.34. The maximum atomic E-state index is 12.6. The number of carbonyl (C=O) groups is 1. The van der Waals surface area contributed by atoms with E-state index in [1.807, 2.05) is 0 Å².